The largest absolute Gasteiger partial charge is 0.389 e. The molecule has 7 nitrogen and oxygen atoms in total. The van der Waals surface area contributed by atoms with Gasteiger partial charge in [-0.15, -0.1) is 0 Å². The summed E-state index contributed by atoms with van der Waals surface area (Å²) in [6.45, 7) is 7.46. The highest BCUT2D eigenvalue weighted by molar-refractivity contribution is 7.88. The highest BCUT2D eigenvalue weighted by atomic mass is 32.2. The molecule has 0 aliphatic carbocycles. The van der Waals surface area contributed by atoms with Gasteiger partial charge in [0.05, 0.1) is 5.60 Å². The van der Waals surface area contributed by atoms with Crippen molar-refractivity contribution in [3.05, 3.63) is 30.0 Å². The van der Waals surface area contributed by atoms with Gasteiger partial charge in [-0.3, -0.25) is 4.90 Å². The van der Waals surface area contributed by atoms with Crippen LogP contribution in [0.2, 0.25) is 0 Å². The molecule has 1 aliphatic heterocycles. The van der Waals surface area contributed by atoms with E-state index in [4.69, 9.17) is 4.52 Å². The van der Waals surface area contributed by atoms with E-state index in [0.717, 1.165) is 5.39 Å². The maximum Gasteiger partial charge on any atom is 0.220 e. The van der Waals surface area contributed by atoms with Gasteiger partial charge >= 0.3 is 0 Å². The number of piperazine rings is 1. The normalized spacial score (nSPS) is 21.0. The van der Waals surface area contributed by atoms with E-state index >= 15 is 0 Å². The Kier molecular flexibility index (Phi) is 4.89. The highest BCUT2D eigenvalue weighted by Crippen LogP contribution is 2.23. The molecular weight excluding hydrogens is 342 g/mol. The topological polar surface area (TPSA) is 86.9 Å². The molecule has 1 atom stereocenters. The zero-order chi connectivity index (χ0) is 18.2. The fourth-order valence-electron chi connectivity index (χ4n) is 3.25. The molecule has 1 N–H and O–H groups in total. The van der Waals surface area contributed by atoms with Crippen molar-refractivity contribution in [2.24, 2.45) is 0 Å². The van der Waals surface area contributed by atoms with Crippen LogP contribution < -0.4 is 0 Å². The number of sulfonamides is 1. The number of hydrogen-bond acceptors (Lipinski definition) is 6. The van der Waals surface area contributed by atoms with Gasteiger partial charge in [-0.1, -0.05) is 17.3 Å². The Bertz CT molecular complexity index is 841. The van der Waals surface area contributed by atoms with E-state index in [9.17, 15) is 13.5 Å². The quantitative estimate of drug-likeness (QED) is 0.860. The average molecular weight is 367 g/mol. The van der Waals surface area contributed by atoms with Gasteiger partial charge in [0, 0.05) is 37.6 Å². The van der Waals surface area contributed by atoms with Crippen LogP contribution in [-0.2, 0) is 15.8 Å². The van der Waals surface area contributed by atoms with Crippen molar-refractivity contribution in [3.63, 3.8) is 0 Å². The van der Waals surface area contributed by atoms with E-state index in [-0.39, 0.29) is 11.8 Å². The lowest BCUT2D eigenvalue weighted by atomic mass is 10.1. The standard InChI is InChI=1S/C17H25N3O4S/c1-13-10-20(9-8-19(13)12-17(2,3)21)25(22,23)11-15-14-6-4-5-7-16(14)24-18-15/h4-7,13,21H,8-12H2,1-3H3. The molecular formula is C17H25N3O4S. The number of para-hydroxylation sites is 1. The fraction of sp³-hybridized carbons (Fsp3) is 0.588. The summed E-state index contributed by atoms with van der Waals surface area (Å²) in [5.41, 5.74) is 0.243. The summed E-state index contributed by atoms with van der Waals surface area (Å²) >= 11 is 0. The molecule has 0 bridgehead atoms. The van der Waals surface area contributed by atoms with E-state index in [1.165, 1.54) is 4.31 Å². The predicted molar refractivity (Wildman–Crippen MR) is 95.5 cm³/mol. The maximum absolute atomic E-state index is 12.8. The number of aliphatic hydroxyl groups is 1. The van der Waals surface area contributed by atoms with Crippen LogP contribution >= 0.6 is 0 Å². The molecule has 1 aromatic heterocycles. The van der Waals surface area contributed by atoms with Crippen LogP contribution in [0.1, 0.15) is 26.5 Å². The molecule has 3 rings (SSSR count). The predicted octanol–water partition coefficient (Wildman–Crippen LogP) is 1.43. The average Bonchev–Trinajstić information content (AvgIpc) is 2.91. The Morgan fingerprint density at radius 1 is 1.32 bits per heavy atom. The highest BCUT2D eigenvalue weighted by Gasteiger charge is 2.33. The number of nitrogens with zero attached hydrogens (tertiary/aromatic N) is 3. The summed E-state index contributed by atoms with van der Waals surface area (Å²) in [7, 11) is -3.48. The molecule has 138 valence electrons. The summed E-state index contributed by atoms with van der Waals surface area (Å²) in [5, 5.41) is 14.7. The van der Waals surface area contributed by atoms with Gasteiger partial charge in [-0.25, -0.2) is 8.42 Å². The monoisotopic (exact) mass is 367 g/mol. The Morgan fingerprint density at radius 2 is 2.04 bits per heavy atom. The van der Waals surface area contributed by atoms with Gasteiger partial charge in [0.25, 0.3) is 0 Å². The van der Waals surface area contributed by atoms with Crippen molar-refractivity contribution in [3.8, 4) is 0 Å². The number of fused-ring (bicyclic) bond motifs is 1. The number of rotatable bonds is 5. The Labute approximate surface area is 148 Å². The number of benzene rings is 1. The van der Waals surface area contributed by atoms with Gasteiger partial charge < -0.3 is 9.63 Å². The first-order valence-corrected chi connectivity index (χ1v) is 10.0. The number of β-amino-alcohol motifs (C(OH)–C–C–N with tert-alkyl or cyclic N) is 1. The Balaban J connectivity index is 1.71. The minimum atomic E-state index is -3.48. The lowest BCUT2D eigenvalue weighted by Gasteiger charge is -2.41. The van der Waals surface area contributed by atoms with Crippen molar-refractivity contribution in [1.29, 1.82) is 0 Å². The van der Waals surface area contributed by atoms with Gasteiger partial charge in [0.2, 0.25) is 10.0 Å². The van der Waals surface area contributed by atoms with Gasteiger partial charge in [-0.2, -0.15) is 4.31 Å². The third kappa shape index (κ3) is 4.20. The third-order valence-corrected chi connectivity index (χ3v) is 6.24. The molecule has 0 radical (unpaired) electrons. The zero-order valence-electron chi connectivity index (χ0n) is 14.8. The van der Waals surface area contributed by atoms with E-state index < -0.39 is 15.6 Å². The first-order valence-electron chi connectivity index (χ1n) is 8.43. The van der Waals surface area contributed by atoms with Crippen LogP contribution in [0.4, 0.5) is 0 Å². The lowest BCUT2D eigenvalue weighted by Crippen LogP contribution is -2.56. The number of hydrogen-bond donors (Lipinski definition) is 1. The molecule has 1 saturated heterocycles. The number of aromatic nitrogens is 1. The van der Waals surface area contributed by atoms with Crippen LogP contribution in [0.15, 0.2) is 28.8 Å². The van der Waals surface area contributed by atoms with Crippen LogP contribution in [-0.4, -0.2) is 65.7 Å². The molecule has 25 heavy (non-hydrogen) atoms. The SMILES string of the molecule is CC1CN(S(=O)(=O)Cc2noc3ccccc23)CCN1CC(C)(C)O. The molecule has 8 heteroatoms. The summed E-state index contributed by atoms with van der Waals surface area (Å²) in [6, 6.07) is 7.31. The summed E-state index contributed by atoms with van der Waals surface area (Å²) < 4.78 is 32.3. The first-order chi connectivity index (χ1) is 11.7. The van der Waals surface area contributed by atoms with E-state index in [0.29, 0.717) is 37.5 Å². The minimum absolute atomic E-state index is 0.0454. The van der Waals surface area contributed by atoms with E-state index in [2.05, 4.69) is 10.1 Å². The third-order valence-electron chi connectivity index (χ3n) is 4.48. The summed E-state index contributed by atoms with van der Waals surface area (Å²) in [4.78, 5) is 2.12. The minimum Gasteiger partial charge on any atom is -0.389 e. The van der Waals surface area contributed by atoms with Crippen molar-refractivity contribution in [1.82, 2.24) is 14.4 Å². The lowest BCUT2D eigenvalue weighted by molar-refractivity contribution is 0.00797. The van der Waals surface area contributed by atoms with Gasteiger partial charge in [-0.05, 0) is 32.9 Å². The Hall–Kier alpha value is -1.48. The second-order valence-electron chi connectivity index (χ2n) is 7.37. The smallest absolute Gasteiger partial charge is 0.220 e. The molecule has 1 unspecified atom stereocenters. The molecule has 2 aromatic rings. The van der Waals surface area contributed by atoms with Crippen LogP contribution in [0.5, 0.6) is 0 Å². The molecule has 0 spiro atoms. The van der Waals surface area contributed by atoms with Gasteiger partial charge in [0.1, 0.15) is 11.4 Å². The van der Waals surface area contributed by atoms with Crippen molar-refractivity contribution in [2.75, 3.05) is 26.2 Å². The molecule has 2 heterocycles. The maximum atomic E-state index is 12.8. The molecule has 1 aromatic carbocycles. The molecule has 1 aliphatic rings. The molecule has 0 amide bonds. The van der Waals surface area contributed by atoms with Gasteiger partial charge in [0.15, 0.2) is 5.58 Å². The van der Waals surface area contributed by atoms with Crippen LogP contribution in [0.25, 0.3) is 11.0 Å². The van der Waals surface area contributed by atoms with Crippen LogP contribution in [0, 0.1) is 0 Å². The van der Waals surface area contributed by atoms with E-state index in [1.54, 1.807) is 19.9 Å². The van der Waals surface area contributed by atoms with Crippen LogP contribution in [0.3, 0.4) is 0 Å². The van der Waals surface area contributed by atoms with E-state index in [1.807, 2.05) is 25.1 Å². The molecule has 1 fully saturated rings. The first kappa shape index (κ1) is 18.3. The van der Waals surface area contributed by atoms with Crippen molar-refractivity contribution >= 4 is 21.0 Å². The van der Waals surface area contributed by atoms with Crippen molar-refractivity contribution < 1.29 is 18.0 Å². The second kappa shape index (κ2) is 6.68. The summed E-state index contributed by atoms with van der Waals surface area (Å²) in [5.74, 6) is -0.164. The second-order valence-corrected chi connectivity index (χ2v) is 9.34. The summed E-state index contributed by atoms with van der Waals surface area (Å²) in [6.07, 6.45) is 0. The Morgan fingerprint density at radius 3 is 2.72 bits per heavy atom. The fourth-order valence-corrected chi connectivity index (χ4v) is 4.79. The zero-order valence-corrected chi connectivity index (χ0v) is 15.7. The van der Waals surface area contributed by atoms with Crippen molar-refractivity contribution in [2.45, 2.75) is 38.2 Å². The molecule has 0 saturated carbocycles.